The quantitative estimate of drug-likeness (QED) is 0.757. The van der Waals surface area contributed by atoms with Gasteiger partial charge in [-0.15, -0.1) is 0 Å². The van der Waals surface area contributed by atoms with E-state index in [-0.39, 0.29) is 6.29 Å². The minimum atomic E-state index is -0.143. The summed E-state index contributed by atoms with van der Waals surface area (Å²) in [6, 6.07) is 21.2. The predicted octanol–water partition coefficient (Wildman–Crippen LogP) is 3.82. The van der Waals surface area contributed by atoms with Crippen molar-refractivity contribution in [2.45, 2.75) is 25.8 Å². The number of fused-ring (bicyclic) bond motifs is 1. The summed E-state index contributed by atoms with van der Waals surface area (Å²) in [7, 11) is 0. The van der Waals surface area contributed by atoms with Gasteiger partial charge in [-0.1, -0.05) is 48.5 Å². The summed E-state index contributed by atoms with van der Waals surface area (Å²) in [4.78, 5) is 7.38. The van der Waals surface area contributed by atoms with Crippen LogP contribution < -0.4 is 5.73 Å². The van der Waals surface area contributed by atoms with Crippen molar-refractivity contribution < 1.29 is 4.74 Å². The van der Waals surface area contributed by atoms with Crippen LogP contribution in [-0.2, 0) is 17.8 Å². The lowest BCUT2D eigenvalue weighted by Crippen LogP contribution is -2.37. The molecular formula is C23H24N4O. The Morgan fingerprint density at radius 2 is 1.89 bits per heavy atom. The predicted molar refractivity (Wildman–Crippen MR) is 112 cm³/mol. The fourth-order valence-electron chi connectivity index (χ4n) is 4.24. The van der Waals surface area contributed by atoms with Crippen molar-refractivity contribution in [2.24, 2.45) is 10.7 Å². The van der Waals surface area contributed by atoms with Gasteiger partial charge in [0.15, 0.2) is 0 Å². The zero-order valence-electron chi connectivity index (χ0n) is 15.8. The van der Waals surface area contributed by atoms with Crippen molar-refractivity contribution in [3.8, 4) is 0 Å². The third kappa shape index (κ3) is 2.93. The summed E-state index contributed by atoms with van der Waals surface area (Å²) in [6.45, 7) is 2.67. The zero-order chi connectivity index (χ0) is 18.9. The maximum absolute atomic E-state index is 6.13. The van der Waals surface area contributed by atoms with E-state index in [0.29, 0.717) is 13.2 Å². The third-order valence-corrected chi connectivity index (χ3v) is 5.56. The van der Waals surface area contributed by atoms with E-state index < -0.39 is 0 Å². The molecule has 1 aromatic heterocycles. The van der Waals surface area contributed by atoms with Crippen LogP contribution in [0.25, 0.3) is 10.9 Å². The highest BCUT2D eigenvalue weighted by atomic mass is 16.5. The monoisotopic (exact) mass is 372 g/mol. The SMILES string of the molecule is NCc1cc2ccccc2n1C1N=CC2=C(CCOC2)N1Cc1ccccc1. The van der Waals surface area contributed by atoms with Crippen LogP contribution in [0.1, 0.15) is 24.0 Å². The first-order valence-electron chi connectivity index (χ1n) is 9.77. The molecule has 5 rings (SSSR count). The lowest BCUT2D eigenvalue weighted by Gasteiger charge is -2.40. The van der Waals surface area contributed by atoms with Crippen LogP contribution in [0.15, 0.2) is 76.9 Å². The molecule has 0 radical (unpaired) electrons. The van der Waals surface area contributed by atoms with E-state index in [4.69, 9.17) is 15.5 Å². The molecule has 2 aliphatic heterocycles. The molecule has 0 spiro atoms. The Hall–Kier alpha value is -2.89. The van der Waals surface area contributed by atoms with Gasteiger partial charge >= 0.3 is 0 Å². The first-order chi connectivity index (χ1) is 13.8. The second-order valence-corrected chi connectivity index (χ2v) is 7.28. The van der Waals surface area contributed by atoms with Gasteiger partial charge in [-0.3, -0.25) is 0 Å². The topological polar surface area (TPSA) is 55.8 Å². The average Bonchev–Trinajstić information content (AvgIpc) is 3.13. The minimum Gasteiger partial charge on any atom is -0.376 e. The van der Waals surface area contributed by atoms with Gasteiger partial charge in [0.2, 0.25) is 6.29 Å². The lowest BCUT2D eigenvalue weighted by molar-refractivity contribution is 0.107. The summed E-state index contributed by atoms with van der Waals surface area (Å²) < 4.78 is 7.96. The molecule has 0 saturated carbocycles. The molecule has 2 aromatic carbocycles. The number of nitrogens with two attached hydrogens (primary N) is 1. The zero-order valence-corrected chi connectivity index (χ0v) is 15.8. The number of benzene rings is 2. The van der Waals surface area contributed by atoms with Crippen LogP contribution in [0.3, 0.4) is 0 Å². The number of hydrogen-bond donors (Lipinski definition) is 1. The molecule has 2 aliphatic rings. The van der Waals surface area contributed by atoms with Crippen LogP contribution in [0.5, 0.6) is 0 Å². The van der Waals surface area contributed by atoms with Crippen LogP contribution in [0, 0.1) is 0 Å². The molecule has 2 N–H and O–H groups in total. The number of rotatable bonds is 4. The number of aliphatic imine (C=N–C) groups is 1. The van der Waals surface area contributed by atoms with Crippen molar-refractivity contribution in [3.63, 3.8) is 0 Å². The molecule has 0 saturated heterocycles. The molecule has 1 atom stereocenters. The number of para-hydroxylation sites is 1. The summed E-state index contributed by atoms with van der Waals surface area (Å²) in [5.41, 5.74) is 12.2. The first-order valence-corrected chi connectivity index (χ1v) is 9.77. The Kier molecular flexibility index (Phi) is 4.47. The van der Waals surface area contributed by atoms with Gasteiger partial charge < -0.3 is 19.9 Å². The third-order valence-electron chi connectivity index (χ3n) is 5.56. The maximum Gasteiger partial charge on any atom is 0.203 e. The highest BCUT2D eigenvalue weighted by molar-refractivity contribution is 5.83. The summed E-state index contributed by atoms with van der Waals surface area (Å²) >= 11 is 0. The highest BCUT2D eigenvalue weighted by Crippen LogP contribution is 2.35. The van der Waals surface area contributed by atoms with Crippen LogP contribution >= 0.6 is 0 Å². The van der Waals surface area contributed by atoms with Gasteiger partial charge in [-0.25, -0.2) is 4.99 Å². The smallest absolute Gasteiger partial charge is 0.203 e. The van der Waals surface area contributed by atoms with Crippen molar-refractivity contribution in [1.82, 2.24) is 9.47 Å². The van der Waals surface area contributed by atoms with Crippen LogP contribution in [0.2, 0.25) is 0 Å². The van der Waals surface area contributed by atoms with Crippen LogP contribution in [0.4, 0.5) is 0 Å². The molecule has 5 heteroatoms. The molecule has 0 amide bonds. The van der Waals surface area contributed by atoms with E-state index in [9.17, 15) is 0 Å². The van der Waals surface area contributed by atoms with Crippen molar-refractivity contribution >= 4 is 17.1 Å². The van der Waals surface area contributed by atoms with Gasteiger partial charge in [0, 0.05) is 48.1 Å². The molecular weight excluding hydrogens is 348 g/mol. The largest absolute Gasteiger partial charge is 0.376 e. The Bertz CT molecular complexity index is 1050. The van der Waals surface area contributed by atoms with Gasteiger partial charge in [-0.05, 0) is 17.7 Å². The molecule has 142 valence electrons. The highest BCUT2D eigenvalue weighted by Gasteiger charge is 2.30. The second-order valence-electron chi connectivity index (χ2n) is 7.28. The lowest BCUT2D eigenvalue weighted by atomic mass is 10.1. The normalized spacial score (nSPS) is 19.3. The number of hydrogen-bond acceptors (Lipinski definition) is 4. The van der Waals surface area contributed by atoms with E-state index in [2.05, 4.69) is 70.1 Å². The molecule has 5 nitrogen and oxygen atoms in total. The fourth-order valence-corrected chi connectivity index (χ4v) is 4.24. The number of aromatic nitrogens is 1. The van der Waals surface area contributed by atoms with E-state index in [1.807, 2.05) is 6.21 Å². The molecule has 0 bridgehead atoms. The Labute approximate surface area is 164 Å². The van der Waals surface area contributed by atoms with Crippen molar-refractivity contribution in [2.75, 3.05) is 13.2 Å². The molecule has 1 unspecified atom stereocenters. The maximum atomic E-state index is 6.13. The van der Waals surface area contributed by atoms with Crippen molar-refractivity contribution in [3.05, 3.63) is 83.2 Å². The van der Waals surface area contributed by atoms with Gasteiger partial charge in [-0.2, -0.15) is 0 Å². The number of ether oxygens (including phenoxy) is 1. The first kappa shape index (κ1) is 17.2. The molecule has 28 heavy (non-hydrogen) atoms. The van der Waals surface area contributed by atoms with E-state index in [0.717, 1.165) is 25.3 Å². The fraction of sp³-hybridized carbons (Fsp3) is 0.261. The standard InChI is InChI=1S/C23H24N4O/c24-13-20-12-18-8-4-5-9-22(18)27(20)23-25-14-19-16-28-11-10-21(19)26(23)15-17-6-2-1-3-7-17/h1-9,12,14,23H,10-11,13,15-16,24H2. The minimum absolute atomic E-state index is 0.143. The van der Waals surface area contributed by atoms with Gasteiger partial charge in [0.1, 0.15) is 0 Å². The van der Waals surface area contributed by atoms with Crippen molar-refractivity contribution in [1.29, 1.82) is 0 Å². The molecule has 3 aromatic rings. The second kappa shape index (κ2) is 7.26. The summed E-state index contributed by atoms with van der Waals surface area (Å²) in [5.74, 6) is 0. The van der Waals surface area contributed by atoms with E-state index in [1.54, 1.807) is 0 Å². The van der Waals surface area contributed by atoms with Gasteiger partial charge in [0.05, 0.1) is 18.7 Å². The van der Waals surface area contributed by atoms with E-state index >= 15 is 0 Å². The van der Waals surface area contributed by atoms with Gasteiger partial charge in [0.25, 0.3) is 0 Å². The molecule has 3 heterocycles. The summed E-state index contributed by atoms with van der Waals surface area (Å²) in [6.07, 6.45) is 2.76. The number of nitrogens with zero attached hydrogens (tertiary/aromatic N) is 3. The van der Waals surface area contributed by atoms with Crippen LogP contribution in [-0.4, -0.2) is 28.9 Å². The average molecular weight is 372 g/mol. The van der Waals surface area contributed by atoms with E-state index in [1.165, 1.54) is 27.7 Å². The molecule has 0 fully saturated rings. The Balaban J connectivity index is 1.63. The molecule has 0 aliphatic carbocycles. The Morgan fingerprint density at radius 1 is 1.07 bits per heavy atom. The Morgan fingerprint density at radius 3 is 2.75 bits per heavy atom. The summed E-state index contributed by atoms with van der Waals surface area (Å²) in [5, 5.41) is 1.20.